The average molecular weight is 580 g/mol. The summed E-state index contributed by atoms with van der Waals surface area (Å²) >= 11 is 13.2. The number of rotatable bonds is 4. The summed E-state index contributed by atoms with van der Waals surface area (Å²) in [6, 6.07) is 24.8. The fourth-order valence-corrected chi connectivity index (χ4v) is 7.47. The summed E-state index contributed by atoms with van der Waals surface area (Å²) in [5.41, 5.74) is 1.72. The normalized spacial score (nSPS) is 21.5. The number of anilines is 1. The summed E-state index contributed by atoms with van der Waals surface area (Å²) < 4.78 is 5.31. The predicted octanol–water partition coefficient (Wildman–Crippen LogP) is 7.32. The van der Waals surface area contributed by atoms with Crippen molar-refractivity contribution in [1.82, 2.24) is 0 Å². The molecule has 0 radical (unpaired) electrons. The number of ketones is 3. The smallest absolute Gasteiger partial charge is 0.185 e. The Labute approximate surface area is 247 Å². The third kappa shape index (κ3) is 3.52. The SMILES string of the molecule is COc1ccc(C(=O)C2C(c3ccc(Cl)cc3Cl)C3(C(=O)c4ccccc4C3=O)C3C=Cc4ccccc4N23)cc1. The van der Waals surface area contributed by atoms with Gasteiger partial charge in [-0.2, -0.15) is 0 Å². The minimum absolute atomic E-state index is 0.229. The number of hydrogen-bond acceptors (Lipinski definition) is 5. The number of fused-ring (bicyclic) bond motifs is 5. The van der Waals surface area contributed by atoms with Crippen LogP contribution >= 0.6 is 23.2 Å². The minimum atomic E-state index is -1.63. The van der Waals surface area contributed by atoms with Crippen LogP contribution in [0.1, 0.15) is 48.1 Å². The molecule has 202 valence electrons. The van der Waals surface area contributed by atoms with Gasteiger partial charge in [0.25, 0.3) is 0 Å². The number of Topliss-reactive ketones (excluding diaryl/α,β-unsaturated/α-hetero) is 3. The van der Waals surface area contributed by atoms with Crippen molar-refractivity contribution in [3.05, 3.63) is 135 Å². The lowest BCUT2D eigenvalue weighted by atomic mass is 9.64. The fourth-order valence-electron chi connectivity index (χ4n) is 6.94. The van der Waals surface area contributed by atoms with Crippen LogP contribution in [-0.2, 0) is 0 Å². The molecule has 3 atom stereocenters. The standard InChI is InChI=1S/C34H23Cl2NO4/c1-41-22-14-10-20(11-15-22)31(38)30-29(25-16-13-21(35)18-26(25)36)34(32(39)23-7-3-4-8-24(23)33(34)40)28-17-12-19-6-2-5-9-27(19)37(28)30/h2-18,28-30H,1H3. The van der Waals surface area contributed by atoms with Crippen molar-refractivity contribution in [1.29, 1.82) is 0 Å². The number of methoxy groups -OCH3 is 1. The zero-order valence-electron chi connectivity index (χ0n) is 21.9. The van der Waals surface area contributed by atoms with Crippen LogP contribution in [0.15, 0.2) is 97.1 Å². The fraction of sp³-hybridized carbons (Fsp3) is 0.147. The van der Waals surface area contributed by atoms with E-state index in [-0.39, 0.29) is 17.3 Å². The highest BCUT2D eigenvalue weighted by Gasteiger charge is 2.71. The van der Waals surface area contributed by atoms with Gasteiger partial charge in [-0.15, -0.1) is 0 Å². The number of hydrogen-bond donors (Lipinski definition) is 0. The van der Waals surface area contributed by atoms with E-state index in [1.165, 1.54) is 0 Å². The van der Waals surface area contributed by atoms with Crippen LogP contribution in [0, 0.1) is 5.41 Å². The Morgan fingerprint density at radius 3 is 2.17 bits per heavy atom. The van der Waals surface area contributed by atoms with Gasteiger partial charge in [0.1, 0.15) is 17.2 Å². The van der Waals surface area contributed by atoms with Crippen molar-refractivity contribution >= 4 is 52.3 Å². The molecule has 2 aliphatic heterocycles. The first kappa shape index (κ1) is 25.8. The van der Waals surface area contributed by atoms with Crippen LogP contribution in [-0.4, -0.2) is 36.5 Å². The number of nitrogens with zero attached hydrogens (tertiary/aromatic N) is 1. The highest BCUT2D eigenvalue weighted by Crippen LogP contribution is 2.61. The van der Waals surface area contributed by atoms with Crippen LogP contribution in [0.2, 0.25) is 10.0 Å². The molecular weight excluding hydrogens is 557 g/mol. The second-order valence-corrected chi connectivity index (χ2v) is 11.4. The van der Waals surface area contributed by atoms with Crippen molar-refractivity contribution < 1.29 is 19.1 Å². The Kier molecular flexibility index (Phi) is 5.93. The van der Waals surface area contributed by atoms with Gasteiger partial charge < -0.3 is 9.64 Å². The predicted molar refractivity (Wildman–Crippen MR) is 160 cm³/mol. The van der Waals surface area contributed by atoms with Gasteiger partial charge in [-0.25, -0.2) is 0 Å². The van der Waals surface area contributed by atoms with Gasteiger partial charge in [0, 0.05) is 38.3 Å². The molecule has 5 nitrogen and oxygen atoms in total. The average Bonchev–Trinajstić information content (AvgIpc) is 3.43. The van der Waals surface area contributed by atoms with E-state index in [4.69, 9.17) is 27.9 Å². The molecule has 4 aromatic carbocycles. The maximum atomic E-state index is 14.7. The van der Waals surface area contributed by atoms with E-state index in [1.54, 1.807) is 73.8 Å². The van der Waals surface area contributed by atoms with E-state index in [0.717, 1.165) is 11.3 Å². The molecule has 0 aromatic heterocycles. The maximum Gasteiger partial charge on any atom is 0.185 e. The molecule has 41 heavy (non-hydrogen) atoms. The Morgan fingerprint density at radius 2 is 1.51 bits per heavy atom. The van der Waals surface area contributed by atoms with Gasteiger partial charge in [-0.3, -0.25) is 14.4 Å². The van der Waals surface area contributed by atoms with Gasteiger partial charge in [0.2, 0.25) is 0 Å². The molecule has 0 N–H and O–H groups in total. The molecule has 3 unspecified atom stereocenters. The third-order valence-corrected chi connectivity index (χ3v) is 9.22. The van der Waals surface area contributed by atoms with E-state index < -0.39 is 23.4 Å². The van der Waals surface area contributed by atoms with E-state index in [1.807, 2.05) is 41.3 Å². The van der Waals surface area contributed by atoms with Crippen LogP contribution < -0.4 is 9.64 Å². The van der Waals surface area contributed by atoms with E-state index in [0.29, 0.717) is 38.0 Å². The van der Waals surface area contributed by atoms with Crippen molar-refractivity contribution in [3.63, 3.8) is 0 Å². The summed E-state index contributed by atoms with van der Waals surface area (Å²) in [5, 5.41) is 0.710. The maximum absolute atomic E-state index is 14.7. The van der Waals surface area contributed by atoms with Gasteiger partial charge in [-0.05, 0) is 53.6 Å². The number of benzene rings is 4. The van der Waals surface area contributed by atoms with Crippen LogP contribution in [0.3, 0.4) is 0 Å². The first-order chi connectivity index (χ1) is 19.9. The highest BCUT2D eigenvalue weighted by atomic mass is 35.5. The molecule has 1 fully saturated rings. The number of carbonyl (C=O) groups excluding carboxylic acids is 3. The molecule has 1 saturated heterocycles. The summed E-state index contributed by atoms with van der Waals surface area (Å²) in [6.07, 6.45) is 3.82. The molecule has 2 heterocycles. The van der Waals surface area contributed by atoms with E-state index in [2.05, 4.69) is 0 Å². The van der Waals surface area contributed by atoms with Crippen LogP contribution in [0.4, 0.5) is 5.69 Å². The van der Waals surface area contributed by atoms with Crippen molar-refractivity contribution in [2.75, 3.05) is 12.0 Å². The Balaban J connectivity index is 1.55. The lowest BCUT2D eigenvalue weighted by molar-refractivity contribution is 0.0666. The second kappa shape index (κ2) is 9.44. The highest BCUT2D eigenvalue weighted by molar-refractivity contribution is 6.36. The molecule has 0 saturated carbocycles. The van der Waals surface area contributed by atoms with Crippen LogP contribution in [0.25, 0.3) is 6.08 Å². The summed E-state index contributed by atoms with van der Waals surface area (Å²) in [6.45, 7) is 0. The summed E-state index contributed by atoms with van der Waals surface area (Å²) in [4.78, 5) is 46.0. The number of ether oxygens (including phenoxy) is 1. The van der Waals surface area contributed by atoms with Crippen molar-refractivity contribution in [3.8, 4) is 5.75 Å². The largest absolute Gasteiger partial charge is 0.497 e. The molecular formula is C34H23Cl2NO4. The third-order valence-electron chi connectivity index (χ3n) is 8.65. The molecule has 3 aliphatic rings. The first-order valence-corrected chi connectivity index (χ1v) is 14.0. The van der Waals surface area contributed by atoms with E-state index >= 15 is 0 Å². The lowest BCUT2D eigenvalue weighted by Crippen LogP contribution is -2.48. The quantitative estimate of drug-likeness (QED) is 0.187. The van der Waals surface area contributed by atoms with Gasteiger partial charge in [0.05, 0.1) is 13.2 Å². The van der Waals surface area contributed by atoms with Gasteiger partial charge in [0.15, 0.2) is 17.3 Å². The first-order valence-electron chi connectivity index (χ1n) is 13.3. The molecule has 1 spiro atoms. The van der Waals surface area contributed by atoms with Gasteiger partial charge >= 0.3 is 0 Å². The lowest BCUT2D eigenvalue weighted by Gasteiger charge is -2.37. The van der Waals surface area contributed by atoms with Crippen molar-refractivity contribution in [2.45, 2.75) is 18.0 Å². The topological polar surface area (TPSA) is 63.7 Å². The number of carbonyl (C=O) groups is 3. The Hall–Kier alpha value is -4.19. The molecule has 7 rings (SSSR count). The zero-order chi connectivity index (χ0) is 28.5. The zero-order valence-corrected chi connectivity index (χ0v) is 23.4. The monoisotopic (exact) mass is 579 g/mol. The van der Waals surface area contributed by atoms with E-state index in [9.17, 15) is 14.4 Å². The van der Waals surface area contributed by atoms with Crippen molar-refractivity contribution in [2.24, 2.45) is 5.41 Å². The summed E-state index contributed by atoms with van der Waals surface area (Å²) in [5.74, 6) is -1.14. The minimum Gasteiger partial charge on any atom is -0.497 e. The molecule has 0 amide bonds. The van der Waals surface area contributed by atoms with Gasteiger partial charge in [-0.1, -0.05) is 83.9 Å². The summed E-state index contributed by atoms with van der Waals surface area (Å²) in [7, 11) is 1.56. The number of halogens is 2. The number of para-hydroxylation sites is 1. The second-order valence-electron chi connectivity index (χ2n) is 10.5. The molecule has 7 heteroatoms. The molecule has 4 aromatic rings. The molecule has 0 bridgehead atoms. The Morgan fingerprint density at radius 1 is 0.854 bits per heavy atom. The Bertz CT molecular complexity index is 1760. The molecule has 1 aliphatic carbocycles. The van der Waals surface area contributed by atoms with Crippen LogP contribution in [0.5, 0.6) is 5.75 Å².